The second kappa shape index (κ2) is 7.54. The molecular weight excluding hydrogens is 297 g/mol. The molecule has 0 bridgehead atoms. The fraction of sp³-hybridized carbons (Fsp3) is 0.222. The molecule has 0 saturated heterocycles. The number of carboxylic acids is 1. The monoisotopic (exact) mass is 315 g/mol. The Kier molecular flexibility index (Phi) is 5.46. The summed E-state index contributed by atoms with van der Waals surface area (Å²) < 4.78 is 13.0. The quantitative estimate of drug-likeness (QED) is 0.858. The van der Waals surface area contributed by atoms with E-state index in [1.165, 1.54) is 12.1 Å². The molecule has 0 aliphatic carbocycles. The highest BCUT2D eigenvalue weighted by atomic mass is 19.1. The molecule has 23 heavy (non-hydrogen) atoms. The molecule has 2 aromatic rings. The van der Waals surface area contributed by atoms with Crippen LogP contribution < -0.4 is 5.32 Å². The largest absolute Gasteiger partial charge is 0.481 e. The van der Waals surface area contributed by atoms with Gasteiger partial charge >= 0.3 is 5.97 Å². The van der Waals surface area contributed by atoms with Gasteiger partial charge in [-0.25, -0.2) is 4.39 Å². The number of carbonyl (C=O) groups is 2. The van der Waals surface area contributed by atoms with E-state index in [2.05, 4.69) is 5.32 Å². The predicted octanol–water partition coefficient (Wildman–Crippen LogP) is 3.47. The molecule has 1 unspecified atom stereocenters. The van der Waals surface area contributed by atoms with Gasteiger partial charge in [-0.15, -0.1) is 0 Å². The standard InChI is InChI=1S/C18H18FNO3/c1-12-2-4-14(5-3-12)18(23)20-16(10-11-17(21)22)13-6-8-15(19)9-7-13/h2-9,16H,10-11H2,1H3,(H,20,23)(H,21,22). The molecule has 0 aliphatic heterocycles. The minimum atomic E-state index is -0.943. The van der Waals surface area contributed by atoms with Gasteiger partial charge in [0.1, 0.15) is 5.82 Å². The van der Waals surface area contributed by atoms with Crippen LogP contribution in [0.25, 0.3) is 0 Å². The molecule has 2 rings (SSSR count). The Hall–Kier alpha value is -2.69. The lowest BCUT2D eigenvalue weighted by Crippen LogP contribution is -2.29. The van der Waals surface area contributed by atoms with Crippen molar-refractivity contribution in [2.24, 2.45) is 0 Å². The van der Waals surface area contributed by atoms with Crippen LogP contribution in [0.1, 0.15) is 40.4 Å². The van der Waals surface area contributed by atoms with E-state index in [0.717, 1.165) is 5.56 Å². The van der Waals surface area contributed by atoms with Crippen LogP contribution in [0, 0.1) is 12.7 Å². The van der Waals surface area contributed by atoms with Gasteiger partial charge in [0.2, 0.25) is 0 Å². The van der Waals surface area contributed by atoms with Crippen molar-refractivity contribution >= 4 is 11.9 Å². The number of carboxylic acid groups (broad SMARTS) is 1. The fourth-order valence-electron chi connectivity index (χ4n) is 2.23. The molecule has 1 amide bonds. The average molecular weight is 315 g/mol. The van der Waals surface area contributed by atoms with E-state index in [4.69, 9.17) is 5.11 Å². The van der Waals surface area contributed by atoms with E-state index in [-0.39, 0.29) is 24.6 Å². The highest BCUT2D eigenvalue weighted by Gasteiger charge is 2.17. The van der Waals surface area contributed by atoms with E-state index in [0.29, 0.717) is 11.1 Å². The van der Waals surface area contributed by atoms with Gasteiger partial charge in [-0.3, -0.25) is 9.59 Å². The molecule has 0 fully saturated rings. The highest BCUT2D eigenvalue weighted by molar-refractivity contribution is 5.94. The number of carbonyl (C=O) groups excluding carboxylic acids is 1. The summed E-state index contributed by atoms with van der Waals surface area (Å²) in [6, 6.07) is 12.3. The predicted molar refractivity (Wildman–Crippen MR) is 84.7 cm³/mol. The van der Waals surface area contributed by atoms with Crippen molar-refractivity contribution in [3.05, 3.63) is 71.0 Å². The Bertz CT molecular complexity index is 680. The van der Waals surface area contributed by atoms with E-state index in [9.17, 15) is 14.0 Å². The molecule has 0 aliphatic rings. The van der Waals surface area contributed by atoms with Crippen LogP contribution in [0.15, 0.2) is 48.5 Å². The van der Waals surface area contributed by atoms with Crippen molar-refractivity contribution in [2.45, 2.75) is 25.8 Å². The molecule has 0 radical (unpaired) electrons. The summed E-state index contributed by atoms with van der Waals surface area (Å²) in [6.07, 6.45) is 0.148. The molecule has 2 aromatic carbocycles. The first-order chi connectivity index (χ1) is 11.0. The zero-order valence-electron chi connectivity index (χ0n) is 12.8. The second-order valence-electron chi connectivity index (χ2n) is 5.38. The number of hydrogen-bond donors (Lipinski definition) is 2. The SMILES string of the molecule is Cc1ccc(C(=O)NC(CCC(=O)O)c2ccc(F)cc2)cc1. The normalized spacial score (nSPS) is 11.7. The molecule has 0 saturated carbocycles. The Labute approximate surface area is 134 Å². The van der Waals surface area contributed by atoms with Crippen LogP contribution in [0.5, 0.6) is 0 Å². The van der Waals surface area contributed by atoms with Crippen LogP contribution in [-0.4, -0.2) is 17.0 Å². The molecule has 120 valence electrons. The number of amides is 1. The van der Waals surface area contributed by atoms with Crippen molar-refractivity contribution in [1.29, 1.82) is 0 Å². The Morgan fingerprint density at radius 3 is 2.26 bits per heavy atom. The molecule has 5 heteroatoms. The fourth-order valence-corrected chi connectivity index (χ4v) is 2.23. The summed E-state index contributed by atoms with van der Waals surface area (Å²) in [5.74, 6) is -1.61. The van der Waals surface area contributed by atoms with E-state index < -0.39 is 12.0 Å². The summed E-state index contributed by atoms with van der Waals surface area (Å²) >= 11 is 0. The lowest BCUT2D eigenvalue weighted by molar-refractivity contribution is -0.137. The first-order valence-electron chi connectivity index (χ1n) is 7.30. The molecule has 0 spiro atoms. The minimum absolute atomic E-state index is 0.0871. The lowest BCUT2D eigenvalue weighted by atomic mass is 10.0. The van der Waals surface area contributed by atoms with Crippen LogP contribution in [-0.2, 0) is 4.79 Å². The zero-order valence-corrected chi connectivity index (χ0v) is 12.8. The van der Waals surface area contributed by atoms with E-state index in [1.807, 2.05) is 19.1 Å². The molecular formula is C18H18FNO3. The Morgan fingerprint density at radius 1 is 1.09 bits per heavy atom. The maximum absolute atomic E-state index is 13.0. The number of nitrogens with one attached hydrogen (secondary N) is 1. The molecule has 0 heterocycles. The smallest absolute Gasteiger partial charge is 0.303 e. The minimum Gasteiger partial charge on any atom is -0.481 e. The van der Waals surface area contributed by atoms with Crippen molar-refractivity contribution < 1.29 is 19.1 Å². The maximum atomic E-state index is 13.0. The number of benzene rings is 2. The highest BCUT2D eigenvalue weighted by Crippen LogP contribution is 2.20. The first-order valence-corrected chi connectivity index (χ1v) is 7.30. The van der Waals surface area contributed by atoms with Gasteiger partial charge in [-0.05, 0) is 43.2 Å². The maximum Gasteiger partial charge on any atom is 0.303 e. The van der Waals surface area contributed by atoms with Crippen LogP contribution in [0.3, 0.4) is 0 Å². The lowest BCUT2D eigenvalue weighted by Gasteiger charge is -2.19. The summed E-state index contributed by atoms with van der Waals surface area (Å²) in [7, 11) is 0. The van der Waals surface area contributed by atoms with Gasteiger partial charge < -0.3 is 10.4 Å². The number of rotatable bonds is 6. The van der Waals surface area contributed by atoms with Crippen LogP contribution >= 0.6 is 0 Å². The number of aliphatic carboxylic acids is 1. The average Bonchev–Trinajstić information content (AvgIpc) is 2.52. The second-order valence-corrected chi connectivity index (χ2v) is 5.38. The molecule has 1 atom stereocenters. The van der Waals surface area contributed by atoms with Crippen molar-refractivity contribution in [3.8, 4) is 0 Å². The van der Waals surface area contributed by atoms with Crippen molar-refractivity contribution in [3.63, 3.8) is 0 Å². The molecule has 2 N–H and O–H groups in total. The van der Waals surface area contributed by atoms with Crippen LogP contribution in [0.2, 0.25) is 0 Å². The van der Waals surface area contributed by atoms with E-state index >= 15 is 0 Å². The topological polar surface area (TPSA) is 66.4 Å². The summed E-state index contributed by atoms with van der Waals surface area (Å²) in [5, 5.41) is 11.7. The van der Waals surface area contributed by atoms with Gasteiger partial charge in [-0.1, -0.05) is 29.8 Å². The van der Waals surface area contributed by atoms with Gasteiger partial charge in [0.15, 0.2) is 0 Å². The van der Waals surface area contributed by atoms with Gasteiger partial charge in [0, 0.05) is 12.0 Å². The van der Waals surface area contributed by atoms with Gasteiger partial charge in [0.25, 0.3) is 5.91 Å². The number of halogens is 1. The molecule has 4 nitrogen and oxygen atoms in total. The van der Waals surface area contributed by atoms with Gasteiger partial charge in [-0.2, -0.15) is 0 Å². The van der Waals surface area contributed by atoms with Crippen LogP contribution in [0.4, 0.5) is 4.39 Å². The van der Waals surface area contributed by atoms with Crippen molar-refractivity contribution in [2.75, 3.05) is 0 Å². The summed E-state index contributed by atoms with van der Waals surface area (Å²) in [4.78, 5) is 23.1. The summed E-state index contributed by atoms with van der Waals surface area (Å²) in [6.45, 7) is 1.93. The summed E-state index contributed by atoms with van der Waals surface area (Å²) in [5.41, 5.74) is 2.22. The Balaban J connectivity index is 2.16. The number of aryl methyl sites for hydroxylation is 1. The van der Waals surface area contributed by atoms with Gasteiger partial charge in [0.05, 0.1) is 6.04 Å². The third-order valence-corrected chi connectivity index (χ3v) is 3.54. The third-order valence-electron chi connectivity index (χ3n) is 3.54. The third kappa shape index (κ3) is 4.92. The van der Waals surface area contributed by atoms with Crippen molar-refractivity contribution in [1.82, 2.24) is 5.32 Å². The molecule has 0 aromatic heterocycles. The number of hydrogen-bond acceptors (Lipinski definition) is 2. The first kappa shape index (κ1) is 16.7. The Morgan fingerprint density at radius 2 is 1.70 bits per heavy atom. The van der Waals surface area contributed by atoms with E-state index in [1.54, 1.807) is 24.3 Å². The zero-order chi connectivity index (χ0) is 16.8.